The van der Waals surface area contributed by atoms with E-state index in [9.17, 15) is 4.79 Å². The third kappa shape index (κ3) is 4.26. The molecule has 0 radical (unpaired) electrons. The fourth-order valence-corrected chi connectivity index (χ4v) is 4.03. The van der Waals surface area contributed by atoms with Crippen LogP contribution in [0.3, 0.4) is 0 Å². The number of ether oxygens (including phenoxy) is 1. The Kier molecular flexibility index (Phi) is 5.44. The average Bonchev–Trinajstić information content (AvgIpc) is 3.48. The monoisotopic (exact) mass is 471 g/mol. The number of benzene rings is 1. The average molecular weight is 472 g/mol. The highest BCUT2D eigenvalue weighted by atomic mass is 35.5. The molecule has 2 aromatic heterocycles. The minimum absolute atomic E-state index is 0.106. The predicted octanol–water partition coefficient (Wildman–Crippen LogP) is 3.59. The van der Waals surface area contributed by atoms with Crippen LogP contribution in [0.15, 0.2) is 30.6 Å². The molecule has 1 aliphatic carbocycles. The van der Waals surface area contributed by atoms with Crippen molar-refractivity contribution in [2.45, 2.75) is 38.6 Å². The highest BCUT2D eigenvalue weighted by molar-refractivity contribution is 6.37. The standard InChI is InChI=1S/C21H19Cl2N7O2/c22-14-7-15(23)17(32-10-18-25-4-1-5-26-18)6-12(14)19-13-8-30(21(31)27-11-2-3-11)9-16(13)28-20(24)29-19/h1,4-7,11H,2-3,8-10H2,(H,27,31)(H2,24,28,29). The molecule has 1 saturated carbocycles. The number of halogens is 2. The highest BCUT2D eigenvalue weighted by Crippen LogP contribution is 2.40. The van der Waals surface area contributed by atoms with E-state index >= 15 is 0 Å². The Morgan fingerprint density at radius 3 is 2.69 bits per heavy atom. The predicted molar refractivity (Wildman–Crippen MR) is 119 cm³/mol. The van der Waals surface area contributed by atoms with Crippen molar-refractivity contribution in [3.05, 3.63) is 57.7 Å². The van der Waals surface area contributed by atoms with Crippen molar-refractivity contribution in [3.8, 4) is 17.0 Å². The molecule has 2 aliphatic rings. The molecule has 3 heterocycles. The zero-order chi connectivity index (χ0) is 22.2. The van der Waals surface area contributed by atoms with E-state index in [4.69, 9.17) is 33.7 Å². The number of anilines is 1. The lowest BCUT2D eigenvalue weighted by Gasteiger charge is -2.16. The largest absolute Gasteiger partial charge is 0.484 e. The molecular formula is C21H19Cl2N7O2. The first kappa shape index (κ1) is 20.7. The van der Waals surface area contributed by atoms with Crippen molar-refractivity contribution < 1.29 is 9.53 Å². The summed E-state index contributed by atoms with van der Waals surface area (Å²) in [5.41, 5.74) is 8.62. The van der Waals surface area contributed by atoms with Gasteiger partial charge in [0.2, 0.25) is 5.95 Å². The van der Waals surface area contributed by atoms with Gasteiger partial charge in [0.25, 0.3) is 0 Å². The summed E-state index contributed by atoms with van der Waals surface area (Å²) in [5.74, 6) is 1.03. The number of rotatable bonds is 5. The van der Waals surface area contributed by atoms with Gasteiger partial charge < -0.3 is 20.7 Å². The lowest BCUT2D eigenvalue weighted by molar-refractivity contribution is 0.197. The summed E-state index contributed by atoms with van der Waals surface area (Å²) in [5, 5.41) is 3.73. The molecule has 11 heteroatoms. The molecular weight excluding hydrogens is 453 g/mol. The number of urea groups is 1. The molecule has 0 bridgehead atoms. The maximum atomic E-state index is 12.5. The molecule has 2 amide bonds. The summed E-state index contributed by atoms with van der Waals surface area (Å²) in [6.07, 6.45) is 5.31. The van der Waals surface area contributed by atoms with Crippen LogP contribution in [-0.2, 0) is 19.7 Å². The first-order valence-electron chi connectivity index (χ1n) is 10.1. The minimum atomic E-state index is -0.121. The molecule has 164 valence electrons. The molecule has 0 spiro atoms. The Balaban J connectivity index is 1.45. The summed E-state index contributed by atoms with van der Waals surface area (Å²) >= 11 is 12.9. The number of nitrogens with zero attached hydrogens (tertiary/aromatic N) is 5. The molecule has 1 aromatic carbocycles. The summed E-state index contributed by atoms with van der Waals surface area (Å²) in [4.78, 5) is 31.3. The van der Waals surface area contributed by atoms with Gasteiger partial charge in [0, 0.05) is 29.6 Å². The van der Waals surface area contributed by atoms with Crippen LogP contribution in [0.2, 0.25) is 10.0 Å². The summed E-state index contributed by atoms with van der Waals surface area (Å²) in [6, 6.07) is 5.18. The van der Waals surface area contributed by atoms with E-state index in [-0.39, 0.29) is 24.6 Å². The molecule has 3 N–H and O–H groups in total. The number of hydrogen-bond acceptors (Lipinski definition) is 7. The Bertz CT molecular complexity index is 1190. The van der Waals surface area contributed by atoms with Crippen molar-refractivity contribution in [1.82, 2.24) is 30.2 Å². The number of carbonyl (C=O) groups excluding carboxylic acids is 1. The van der Waals surface area contributed by atoms with Crippen LogP contribution in [0.25, 0.3) is 11.3 Å². The quantitative estimate of drug-likeness (QED) is 0.583. The van der Waals surface area contributed by atoms with Gasteiger partial charge in [-0.1, -0.05) is 23.2 Å². The first-order chi connectivity index (χ1) is 15.5. The third-order valence-electron chi connectivity index (χ3n) is 5.24. The number of nitrogens with one attached hydrogen (secondary N) is 1. The van der Waals surface area contributed by atoms with Crippen LogP contribution in [0.1, 0.15) is 29.9 Å². The van der Waals surface area contributed by atoms with E-state index in [1.807, 2.05) is 0 Å². The molecule has 0 atom stereocenters. The maximum Gasteiger partial charge on any atom is 0.318 e. The maximum absolute atomic E-state index is 12.5. The fraction of sp³-hybridized carbons (Fsp3) is 0.286. The summed E-state index contributed by atoms with van der Waals surface area (Å²) in [7, 11) is 0. The van der Waals surface area contributed by atoms with Gasteiger partial charge in [0.1, 0.15) is 12.4 Å². The van der Waals surface area contributed by atoms with Gasteiger partial charge in [-0.05, 0) is 31.0 Å². The number of amides is 2. The van der Waals surface area contributed by atoms with Gasteiger partial charge in [-0.15, -0.1) is 0 Å². The second-order valence-corrected chi connectivity index (χ2v) is 8.47. The number of aromatic nitrogens is 4. The van der Waals surface area contributed by atoms with Crippen LogP contribution in [0.5, 0.6) is 5.75 Å². The summed E-state index contributed by atoms with van der Waals surface area (Å²) in [6.45, 7) is 0.852. The van der Waals surface area contributed by atoms with E-state index in [0.717, 1.165) is 18.4 Å². The van der Waals surface area contributed by atoms with E-state index in [2.05, 4.69) is 25.3 Å². The van der Waals surface area contributed by atoms with Crippen LogP contribution in [0, 0.1) is 0 Å². The van der Waals surface area contributed by atoms with Gasteiger partial charge in [-0.25, -0.2) is 24.7 Å². The fourth-order valence-electron chi connectivity index (χ4n) is 3.50. The van der Waals surface area contributed by atoms with Gasteiger partial charge in [-0.2, -0.15) is 0 Å². The Morgan fingerprint density at radius 2 is 1.94 bits per heavy atom. The minimum Gasteiger partial charge on any atom is -0.484 e. The van der Waals surface area contributed by atoms with Crippen molar-refractivity contribution in [1.29, 1.82) is 0 Å². The lowest BCUT2D eigenvalue weighted by Crippen LogP contribution is -2.37. The van der Waals surface area contributed by atoms with E-state index in [1.165, 1.54) is 0 Å². The smallest absolute Gasteiger partial charge is 0.318 e. The van der Waals surface area contributed by atoms with Crippen LogP contribution >= 0.6 is 23.2 Å². The molecule has 1 fully saturated rings. The van der Waals surface area contributed by atoms with Crippen molar-refractivity contribution in [2.24, 2.45) is 0 Å². The topological polar surface area (TPSA) is 119 Å². The van der Waals surface area contributed by atoms with Crippen molar-refractivity contribution >= 4 is 35.2 Å². The van der Waals surface area contributed by atoms with Crippen molar-refractivity contribution in [2.75, 3.05) is 5.73 Å². The summed E-state index contributed by atoms with van der Waals surface area (Å²) < 4.78 is 5.83. The Hall–Kier alpha value is -3.17. The number of fused-ring (bicyclic) bond motifs is 1. The van der Waals surface area contributed by atoms with Crippen LogP contribution in [-0.4, -0.2) is 36.9 Å². The van der Waals surface area contributed by atoms with Gasteiger partial charge in [-0.3, -0.25) is 0 Å². The molecule has 32 heavy (non-hydrogen) atoms. The number of nitrogens with two attached hydrogens (primary N) is 1. The van der Waals surface area contributed by atoms with Crippen molar-refractivity contribution in [3.63, 3.8) is 0 Å². The van der Waals surface area contributed by atoms with Gasteiger partial charge in [0.05, 0.1) is 34.5 Å². The van der Waals surface area contributed by atoms with E-state index < -0.39 is 0 Å². The van der Waals surface area contributed by atoms with Crippen LogP contribution < -0.4 is 15.8 Å². The van der Waals surface area contributed by atoms with Gasteiger partial charge >= 0.3 is 6.03 Å². The Labute approximate surface area is 193 Å². The van der Waals surface area contributed by atoms with Crippen LogP contribution in [0.4, 0.5) is 10.7 Å². The molecule has 0 unspecified atom stereocenters. The SMILES string of the molecule is Nc1nc2c(c(-c3cc(OCc4ncccn4)c(Cl)cc3Cl)n1)CN(C(=O)NC1CC1)C2. The molecule has 9 nitrogen and oxygen atoms in total. The second-order valence-electron chi connectivity index (χ2n) is 7.65. The molecule has 0 saturated heterocycles. The zero-order valence-corrected chi connectivity index (χ0v) is 18.4. The third-order valence-corrected chi connectivity index (χ3v) is 5.85. The normalized spacial score (nSPS) is 14.9. The van der Waals surface area contributed by atoms with E-state index in [0.29, 0.717) is 51.7 Å². The zero-order valence-electron chi connectivity index (χ0n) is 16.9. The molecule has 5 rings (SSSR count). The first-order valence-corrected chi connectivity index (χ1v) is 10.8. The number of carbonyl (C=O) groups is 1. The Morgan fingerprint density at radius 1 is 1.16 bits per heavy atom. The molecule has 1 aliphatic heterocycles. The van der Waals surface area contributed by atoms with Gasteiger partial charge in [0.15, 0.2) is 5.82 Å². The van der Waals surface area contributed by atoms with E-state index in [1.54, 1.807) is 35.5 Å². The number of nitrogen functional groups attached to an aromatic ring is 1. The number of hydrogen-bond donors (Lipinski definition) is 2. The highest BCUT2D eigenvalue weighted by Gasteiger charge is 2.32. The lowest BCUT2D eigenvalue weighted by atomic mass is 10.1. The second kappa shape index (κ2) is 8.40. The molecule has 3 aromatic rings.